The van der Waals surface area contributed by atoms with Crippen LogP contribution in [0.4, 0.5) is 18.9 Å². The van der Waals surface area contributed by atoms with E-state index in [1.54, 1.807) is 12.4 Å². The van der Waals surface area contributed by atoms with Crippen LogP contribution >= 0.6 is 0 Å². The fourth-order valence-electron chi connectivity index (χ4n) is 3.36. The maximum absolute atomic E-state index is 12.2. The van der Waals surface area contributed by atoms with E-state index >= 15 is 0 Å². The summed E-state index contributed by atoms with van der Waals surface area (Å²) in [7, 11) is 0. The number of rotatable bonds is 8. The summed E-state index contributed by atoms with van der Waals surface area (Å²) >= 11 is 0. The molecule has 29 heavy (non-hydrogen) atoms. The van der Waals surface area contributed by atoms with Gasteiger partial charge < -0.3 is 19.5 Å². The van der Waals surface area contributed by atoms with Gasteiger partial charge in [-0.15, -0.1) is 13.2 Å². The lowest BCUT2D eigenvalue weighted by molar-refractivity contribution is -0.274. The summed E-state index contributed by atoms with van der Waals surface area (Å²) in [5.74, 6) is -0.563. The number of nitrogens with zero attached hydrogens (tertiary/aromatic N) is 2. The van der Waals surface area contributed by atoms with Gasteiger partial charge in [0.25, 0.3) is 0 Å². The SMILES string of the molecule is O=C(O)CCC1CCCN1c1cncc(OCc2ccc(OC(F)(F)F)cc2)c1. The molecular formula is C20H21F3N2O4. The molecule has 1 aliphatic heterocycles. The van der Waals surface area contributed by atoms with E-state index in [-0.39, 0.29) is 24.8 Å². The van der Waals surface area contributed by atoms with E-state index in [0.29, 0.717) is 17.7 Å². The summed E-state index contributed by atoms with van der Waals surface area (Å²) in [4.78, 5) is 17.2. The molecule has 1 atom stereocenters. The second-order valence-electron chi connectivity index (χ2n) is 6.78. The maximum atomic E-state index is 12.2. The first-order valence-electron chi connectivity index (χ1n) is 9.21. The van der Waals surface area contributed by atoms with E-state index in [2.05, 4.69) is 14.6 Å². The summed E-state index contributed by atoms with van der Waals surface area (Å²) in [6.07, 6.45) is 1.18. The Kier molecular flexibility index (Phi) is 6.46. The van der Waals surface area contributed by atoms with Gasteiger partial charge >= 0.3 is 12.3 Å². The molecule has 0 radical (unpaired) electrons. The van der Waals surface area contributed by atoms with Crippen molar-refractivity contribution < 1.29 is 32.5 Å². The van der Waals surface area contributed by atoms with Crippen molar-refractivity contribution in [1.29, 1.82) is 0 Å². The molecule has 6 nitrogen and oxygen atoms in total. The molecule has 3 rings (SSSR count). The van der Waals surface area contributed by atoms with Crippen LogP contribution in [0.5, 0.6) is 11.5 Å². The molecule has 1 fully saturated rings. The molecule has 1 unspecified atom stereocenters. The fourth-order valence-corrected chi connectivity index (χ4v) is 3.36. The molecule has 1 aromatic carbocycles. The average Bonchev–Trinajstić information content (AvgIpc) is 3.13. The van der Waals surface area contributed by atoms with Crippen LogP contribution in [0.2, 0.25) is 0 Å². The molecule has 0 aliphatic carbocycles. The molecule has 2 aromatic rings. The number of carboxylic acid groups (broad SMARTS) is 1. The van der Waals surface area contributed by atoms with Crippen molar-refractivity contribution in [2.45, 2.75) is 44.7 Å². The molecule has 9 heteroatoms. The summed E-state index contributed by atoms with van der Waals surface area (Å²) in [5.41, 5.74) is 1.55. The van der Waals surface area contributed by atoms with Crippen LogP contribution in [0.15, 0.2) is 42.7 Å². The Hall–Kier alpha value is -2.97. The Morgan fingerprint density at radius 1 is 1.21 bits per heavy atom. The zero-order valence-electron chi connectivity index (χ0n) is 15.6. The van der Waals surface area contributed by atoms with E-state index in [1.165, 1.54) is 24.3 Å². The Morgan fingerprint density at radius 2 is 1.97 bits per heavy atom. The molecule has 1 aliphatic rings. The van der Waals surface area contributed by atoms with Gasteiger partial charge in [0, 0.05) is 25.1 Å². The van der Waals surface area contributed by atoms with Crippen molar-refractivity contribution in [3.8, 4) is 11.5 Å². The number of carbonyl (C=O) groups is 1. The van der Waals surface area contributed by atoms with Crippen molar-refractivity contribution in [1.82, 2.24) is 4.98 Å². The quantitative estimate of drug-likeness (QED) is 0.696. The van der Waals surface area contributed by atoms with Crippen molar-refractivity contribution in [3.05, 3.63) is 48.3 Å². The third-order valence-corrected chi connectivity index (χ3v) is 4.66. The first-order chi connectivity index (χ1) is 13.8. The highest BCUT2D eigenvalue weighted by Crippen LogP contribution is 2.30. The van der Waals surface area contributed by atoms with Gasteiger partial charge in [0.15, 0.2) is 0 Å². The third kappa shape index (κ3) is 6.27. The number of benzene rings is 1. The van der Waals surface area contributed by atoms with E-state index in [0.717, 1.165) is 25.1 Å². The first kappa shape index (κ1) is 20.8. The van der Waals surface area contributed by atoms with Crippen LogP contribution in [0, 0.1) is 0 Å². The molecule has 156 valence electrons. The number of hydrogen-bond acceptors (Lipinski definition) is 5. The van der Waals surface area contributed by atoms with E-state index in [9.17, 15) is 18.0 Å². The lowest BCUT2D eigenvalue weighted by Crippen LogP contribution is -2.29. The fraction of sp³-hybridized carbons (Fsp3) is 0.400. The van der Waals surface area contributed by atoms with Gasteiger partial charge in [-0.25, -0.2) is 0 Å². The second-order valence-corrected chi connectivity index (χ2v) is 6.78. The van der Waals surface area contributed by atoms with Crippen LogP contribution in [-0.2, 0) is 11.4 Å². The Labute approximate surface area is 165 Å². The van der Waals surface area contributed by atoms with Crippen molar-refractivity contribution in [2.75, 3.05) is 11.4 Å². The molecule has 1 saturated heterocycles. The van der Waals surface area contributed by atoms with Crippen LogP contribution in [0.3, 0.4) is 0 Å². The average molecular weight is 410 g/mol. The van der Waals surface area contributed by atoms with Gasteiger partial charge in [-0.2, -0.15) is 0 Å². The predicted octanol–water partition coefficient (Wildman–Crippen LogP) is 4.39. The predicted molar refractivity (Wildman–Crippen MR) is 98.9 cm³/mol. The van der Waals surface area contributed by atoms with E-state index in [4.69, 9.17) is 9.84 Å². The smallest absolute Gasteiger partial charge is 0.487 e. The highest BCUT2D eigenvalue weighted by atomic mass is 19.4. The highest BCUT2D eigenvalue weighted by Gasteiger charge is 2.31. The lowest BCUT2D eigenvalue weighted by atomic mass is 10.1. The van der Waals surface area contributed by atoms with Gasteiger partial charge in [-0.05, 0) is 37.0 Å². The highest BCUT2D eigenvalue weighted by molar-refractivity contribution is 5.66. The van der Waals surface area contributed by atoms with Gasteiger partial charge in [-0.3, -0.25) is 9.78 Å². The molecule has 0 amide bonds. The summed E-state index contributed by atoms with van der Waals surface area (Å²) in [5, 5.41) is 8.91. The number of pyridine rings is 1. The first-order valence-corrected chi connectivity index (χ1v) is 9.21. The molecule has 0 saturated carbocycles. The van der Waals surface area contributed by atoms with Crippen LogP contribution in [0.1, 0.15) is 31.2 Å². The number of halogens is 3. The normalized spacial score (nSPS) is 16.7. The van der Waals surface area contributed by atoms with E-state index < -0.39 is 12.3 Å². The maximum Gasteiger partial charge on any atom is 0.573 e. The Bertz CT molecular complexity index is 827. The number of anilines is 1. The van der Waals surface area contributed by atoms with Crippen LogP contribution in [-0.4, -0.2) is 35.0 Å². The number of aromatic nitrogens is 1. The largest absolute Gasteiger partial charge is 0.573 e. The summed E-state index contributed by atoms with van der Waals surface area (Å²) in [6.45, 7) is 0.996. The standard InChI is InChI=1S/C20H21F3N2O4/c21-20(22,23)29-17-6-3-14(4-7-17)13-28-18-10-16(11-24-12-18)25-9-1-2-15(25)5-8-19(26)27/h3-4,6-7,10-12,15H,1-2,5,8-9,13H2,(H,26,27). The van der Waals surface area contributed by atoms with Gasteiger partial charge in [0.05, 0.1) is 18.1 Å². The number of hydrogen-bond donors (Lipinski definition) is 1. The Balaban J connectivity index is 1.59. The van der Waals surface area contributed by atoms with Gasteiger partial charge in [0.1, 0.15) is 18.1 Å². The monoisotopic (exact) mass is 410 g/mol. The number of ether oxygens (including phenoxy) is 2. The number of aliphatic carboxylic acids is 1. The minimum atomic E-state index is -4.72. The zero-order valence-corrected chi connectivity index (χ0v) is 15.6. The number of alkyl halides is 3. The minimum absolute atomic E-state index is 0.124. The zero-order chi connectivity index (χ0) is 20.9. The molecule has 2 heterocycles. The van der Waals surface area contributed by atoms with Crippen molar-refractivity contribution in [2.24, 2.45) is 0 Å². The lowest BCUT2D eigenvalue weighted by Gasteiger charge is -2.26. The Morgan fingerprint density at radius 3 is 2.66 bits per heavy atom. The molecule has 0 bridgehead atoms. The topological polar surface area (TPSA) is 71.9 Å². The second kappa shape index (κ2) is 9.02. The van der Waals surface area contributed by atoms with Crippen LogP contribution in [0.25, 0.3) is 0 Å². The van der Waals surface area contributed by atoms with Crippen LogP contribution < -0.4 is 14.4 Å². The number of carboxylic acids is 1. The molecule has 1 N–H and O–H groups in total. The minimum Gasteiger partial charge on any atom is -0.487 e. The summed E-state index contributed by atoms with van der Waals surface area (Å²) in [6, 6.07) is 7.47. The summed E-state index contributed by atoms with van der Waals surface area (Å²) < 4.78 is 46.2. The molecule has 0 spiro atoms. The van der Waals surface area contributed by atoms with Crippen molar-refractivity contribution >= 4 is 11.7 Å². The molecular weight excluding hydrogens is 389 g/mol. The van der Waals surface area contributed by atoms with Gasteiger partial charge in [0.2, 0.25) is 0 Å². The van der Waals surface area contributed by atoms with Crippen molar-refractivity contribution in [3.63, 3.8) is 0 Å². The van der Waals surface area contributed by atoms with E-state index in [1.807, 2.05) is 6.07 Å². The molecule has 1 aromatic heterocycles. The third-order valence-electron chi connectivity index (χ3n) is 4.66. The van der Waals surface area contributed by atoms with Gasteiger partial charge in [-0.1, -0.05) is 12.1 Å².